The van der Waals surface area contributed by atoms with E-state index >= 15 is 0 Å². The molecule has 0 spiro atoms. The number of benzene rings is 2. The number of para-hydroxylation sites is 1. The lowest BCUT2D eigenvalue weighted by molar-refractivity contribution is -0.123. The lowest BCUT2D eigenvalue weighted by Crippen LogP contribution is -2.49. The number of thiocarbonyl (C=S) groups is 1. The van der Waals surface area contributed by atoms with Crippen LogP contribution in [0.3, 0.4) is 0 Å². The predicted octanol–water partition coefficient (Wildman–Crippen LogP) is 2.76. The normalized spacial score (nSPS) is 10.3. The molecule has 0 radical (unpaired) electrons. The molecule has 0 aliphatic rings. The minimum atomic E-state index is -0.438. The van der Waals surface area contributed by atoms with Crippen molar-refractivity contribution in [2.75, 3.05) is 6.61 Å². The standard InChI is InChI=1S/C19H18ClN3O3S/c1-13-4-2-3-5-16(13)26-12-18(25)22-23-19(27)21-17(24)11-8-14-6-9-15(20)10-7-14/h2-11H,12H2,1H3,(H,22,25)(H2,21,23,24,27)/b11-8+. The van der Waals surface area contributed by atoms with Crippen LogP contribution >= 0.6 is 23.8 Å². The molecule has 140 valence electrons. The smallest absolute Gasteiger partial charge is 0.276 e. The summed E-state index contributed by atoms with van der Waals surface area (Å²) in [5, 5.41) is 2.99. The number of nitrogens with one attached hydrogen (secondary N) is 3. The van der Waals surface area contributed by atoms with Crippen LogP contribution in [-0.4, -0.2) is 23.5 Å². The topological polar surface area (TPSA) is 79.5 Å². The van der Waals surface area contributed by atoms with E-state index in [2.05, 4.69) is 16.2 Å². The van der Waals surface area contributed by atoms with E-state index in [9.17, 15) is 9.59 Å². The van der Waals surface area contributed by atoms with Gasteiger partial charge in [0.1, 0.15) is 5.75 Å². The van der Waals surface area contributed by atoms with Crippen molar-refractivity contribution in [1.82, 2.24) is 16.2 Å². The molecule has 2 amide bonds. The Kier molecular flexibility index (Phi) is 7.79. The van der Waals surface area contributed by atoms with E-state index in [0.717, 1.165) is 11.1 Å². The van der Waals surface area contributed by atoms with Gasteiger partial charge in [-0.05, 0) is 54.5 Å². The highest BCUT2D eigenvalue weighted by Gasteiger charge is 2.06. The Morgan fingerprint density at radius 2 is 1.81 bits per heavy atom. The fraction of sp³-hybridized carbons (Fsp3) is 0.105. The maximum atomic E-state index is 11.8. The van der Waals surface area contributed by atoms with Crippen LogP contribution in [0.1, 0.15) is 11.1 Å². The Balaban J connectivity index is 1.70. The van der Waals surface area contributed by atoms with Crippen LogP contribution in [-0.2, 0) is 9.59 Å². The van der Waals surface area contributed by atoms with Crippen molar-refractivity contribution in [2.45, 2.75) is 6.92 Å². The van der Waals surface area contributed by atoms with Crippen molar-refractivity contribution in [3.63, 3.8) is 0 Å². The molecule has 2 aromatic carbocycles. The lowest BCUT2D eigenvalue weighted by atomic mass is 10.2. The second kappa shape index (κ2) is 10.3. The van der Waals surface area contributed by atoms with E-state index < -0.39 is 11.8 Å². The second-order valence-corrected chi connectivity index (χ2v) is 6.28. The van der Waals surface area contributed by atoms with Gasteiger partial charge in [0.05, 0.1) is 0 Å². The van der Waals surface area contributed by atoms with Crippen LogP contribution in [0.2, 0.25) is 5.02 Å². The van der Waals surface area contributed by atoms with Crippen LogP contribution in [0.25, 0.3) is 6.08 Å². The number of aryl methyl sites for hydroxylation is 1. The van der Waals surface area contributed by atoms with Crippen molar-refractivity contribution in [1.29, 1.82) is 0 Å². The quantitative estimate of drug-likeness (QED) is 0.406. The number of hydrazine groups is 1. The average Bonchev–Trinajstić information content (AvgIpc) is 2.65. The first-order chi connectivity index (χ1) is 12.9. The Bertz CT molecular complexity index is 854. The highest BCUT2D eigenvalue weighted by molar-refractivity contribution is 7.80. The van der Waals surface area contributed by atoms with Gasteiger partial charge in [0.15, 0.2) is 11.7 Å². The number of carbonyl (C=O) groups excluding carboxylic acids is 2. The van der Waals surface area contributed by atoms with E-state index in [1.165, 1.54) is 6.08 Å². The number of hydrogen-bond acceptors (Lipinski definition) is 4. The van der Waals surface area contributed by atoms with Crippen LogP contribution in [0.5, 0.6) is 5.75 Å². The summed E-state index contributed by atoms with van der Waals surface area (Å²) in [6.07, 6.45) is 2.93. The van der Waals surface area contributed by atoms with Gasteiger partial charge in [0.25, 0.3) is 5.91 Å². The maximum Gasteiger partial charge on any atom is 0.276 e. The van der Waals surface area contributed by atoms with Gasteiger partial charge in [-0.25, -0.2) is 0 Å². The number of amides is 2. The minimum absolute atomic E-state index is 0.0370. The molecular weight excluding hydrogens is 386 g/mol. The van der Waals surface area contributed by atoms with Crippen molar-refractivity contribution < 1.29 is 14.3 Å². The molecule has 0 heterocycles. The van der Waals surface area contributed by atoms with E-state index in [1.54, 1.807) is 36.4 Å². The minimum Gasteiger partial charge on any atom is -0.483 e. The van der Waals surface area contributed by atoms with Gasteiger partial charge >= 0.3 is 0 Å². The summed E-state index contributed by atoms with van der Waals surface area (Å²) in [5.41, 5.74) is 6.53. The summed E-state index contributed by atoms with van der Waals surface area (Å²) in [4.78, 5) is 23.6. The van der Waals surface area contributed by atoms with Gasteiger partial charge in [0, 0.05) is 11.1 Å². The zero-order valence-electron chi connectivity index (χ0n) is 14.5. The predicted molar refractivity (Wildman–Crippen MR) is 109 cm³/mol. The van der Waals surface area contributed by atoms with Crippen LogP contribution in [0.15, 0.2) is 54.6 Å². The maximum absolute atomic E-state index is 11.8. The van der Waals surface area contributed by atoms with Crippen LogP contribution in [0.4, 0.5) is 0 Å². The second-order valence-electron chi connectivity index (χ2n) is 5.43. The van der Waals surface area contributed by atoms with Crippen molar-refractivity contribution in [2.24, 2.45) is 0 Å². The number of rotatable bonds is 5. The third-order valence-electron chi connectivity index (χ3n) is 3.30. The molecular formula is C19H18ClN3O3S. The van der Waals surface area contributed by atoms with Gasteiger partial charge in [-0.3, -0.25) is 25.8 Å². The zero-order chi connectivity index (χ0) is 19.6. The highest BCUT2D eigenvalue weighted by Crippen LogP contribution is 2.15. The Morgan fingerprint density at radius 3 is 2.52 bits per heavy atom. The van der Waals surface area contributed by atoms with E-state index in [4.69, 9.17) is 28.6 Å². The summed E-state index contributed by atoms with van der Waals surface area (Å²) in [6, 6.07) is 14.4. The monoisotopic (exact) mass is 403 g/mol. The van der Waals surface area contributed by atoms with Gasteiger partial charge < -0.3 is 4.74 Å². The van der Waals surface area contributed by atoms with Crippen LogP contribution in [0, 0.1) is 6.92 Å². The Hall–Kier alpha value is -2.90. The Morgan fingerprint density at radius 1 is 1.11 bits per heavy atom. The molecule has 0 aliphatic heterocycles. The first-order valence-corrected chi connectivity index (χ1v) is 8.74. The molecule has 27 heavy (non-hydrogen) atoms. The molecule has 2 aromatic rings. The summed E-state index contributed by atoms with van der Waals surface area (Å²) in [5.74, 6) is -0.254. The summed E-state index contributed by atoms with van der Waals surface area (Å²) in [6.45, 7) is 1.69. The van der Waals surface area contributed by atoms with Gasteiger partial charge in [-0.2, -0.15) is 0 Å². The third kappa shape index (κ3) is 7.47. The third-order valence-corrected chi connectivity index (χ3v) is 3.76. The highest BCUT2D eigenvalue weighted by atomic mass is 35.5. The summed E-state index contributed by atoms with van der Waals surface area (Å²) >= 11 is 10.7. The lowest BCUT2D eigenvalue weighted by Gasteiger charge is -2.11. The first kappa shape index (κ1) is 20.4. The number of halogens is 1. The van der Waals surface area contributed by atoms with Crippen molar-refractivity contribution >= 4 is 46.8 Å². The van der Waals surface area contributed by atoms with Crippen LogP contribution < -0.4 is 20.9 Å². The van der Waals surface area contributed by atoms with Gasteiger partial charge in [-0.15, -0.1) is 0 Å². The Labute approximate surface area is 167 Å². The molecule has 8 heteroatoms. The first-order valence-electron chi connectivity index (χ1n) is 7.96. The average molecular weight is 404 g/mol. The molecule has 6 nitrogen and oxygen atoms in total. The summed E-state index contributed by atoms with van der Waals surface area (Å²) in [7, 11) is 0. The fourth-order valence-corrected chi connectivity index (χ4v) is 2.23. The largest absolute Gasteiger partial charge is 0.483 e. The molecule has 0 saturated carbocycles. The molecule has 0 bridgehead atoms. The molecule has 0 fully saturated rings. The van der Waals surface area contributed by atoms with Crippen molar-refractivity contribution in [3.05, 3.63) is 70.8 Å². The van der Waals surface area contributed by atoms with E-state index in [1.807, 2.05) is 25.1 Å². The number of ether oxygens (including phenoxy) is 1. The molecule has 0 aromatic heterocycles. The number of hydrogen-bond donors (Lipinski definition) is 3. The zero-order valence-corrected chi connectivity index (χ0v) is 16.1. The molecule has 0 unspecified atom stereocenters. The molecule has 0 saturated heterocycles. The van der Waals surface area contributed by atoms with Gasteiger partial charge in [-0.1, -0.05) is 41.9 Å². The molecule has 3 N–H and O–H groups in total. The molecule has 0 atom stereocenters. The molecule has 2 rings (SSSR count). The number of carbonyl (C=O) groups is 2. The molecule has 0 aliphatic carbocycles. The van der Waals surface area contributed by atoms with E-state index in [-0.39, 0.29) is 11.7 Å². The fourth-order valence-electron chi connectivity index (χ4n) is 1.95. The SMILES string of the molecule is Cc1ccccc1OCC(=O)NNC(=S)NC(=O)/C=C/c1ccc(Cl)cc1. The summed E-state index contributed by atoms with van der Waals surface area (Å²) < 4.78 is 5.40. The van der Waals surface area contributed by atoms with E-state index in [0.29, 0.717) is 10.8 Å². The van der Waals surface area contributed by atoms with Gasteiger partial charge in [0.2, 0.25) is 5.91 Å². The van der Waals surface area contributed by atoms with Crippen molar-refractivity contribution in [3.8, 4) is 5.75 Å².